The van der Waals surface area contributed by atoms with E-state index in [1.54, 1.807) is 18.0 Å². The van der Waals surface area contributed by atoms with Gasteiger partial charge in [0.25, 0.3) is 5.56 Å². The van der Waals surface area contributed by atoms with Crippen LogP contribution in [0, 0.1) is 6.92 Å². The first-order valence-corrected chi connectivity index (χ1v) is 6.90. The first kappa shape index (κ1) is 12.1. The van der Waals surface area contributed by atoms with E-state index in [4.69, 9.17) is 0 Å². The number of benzene rings is 2. The lowest BCUT2D eigenvalue weighted by Gasteiger charge is -2.06. The monoisotopic (exact) mass is 267 g/mol. The highest BCUT2D eigenvalue weighted by Gasteiger charge is 2.05. The van der Waals surface area contributed by atoms with Crippen LogP contribution in [-0.4, -0.2) is 4.98 Å². The molecule has 0 aliphatic heterocycles. The summed E-state index contributed by atoms with van der Waals surface area (Å²) >= 11 is 1.66. The van der Waals surface area contributed by atoms with Crippen molar-refractivity contribution in [1.82, 2.24) is 4.98 Å². The van der Waals surface area contributed by atoms with Gasteiger partial charge in [0.05, 0.1) is 0 Å². The van der Waals surface area contributed by atoms with Crippen LogP contribution >= 0.6 is 11.8 Å². The molecule has 0 spiro atoms. The van der Waals surface area contributed by atoms with Gasteiger partial charge < -0.3 is 4.98 Å². The number of rotatable bonds is 2. The van der Waals surface area contributed by atoms with Gasteiger partial charge in [-0.3, -0.25) is 4.79 Å². The molecule has 2 nitrogen and oxygen atoms in total. The molecule has 0 fully saturated rings. The van der Waals surface area contributed by atoms with E-state index >= 15 is 0 Å². The summed E-state index contributed by atoms with van der Waals surface area (Å²) in [5.74, 6) is 0. The van der Waals surface area contributed by atoms with Crippen LogP contribution in [0.1, 0.15) is 5.56 Å². The van der Waals surface area contributed by atoms with E-state index < -0.39 is 0 Å². The summed E-state index contributed by atoms with van der Waals surface area (Å²) in [6, 6.07) is 16.1. The Kier molecular flexibility index (Phi) is 3.13. The van der Waals surface area contributed by atoms with E-state index in [-0.39, 0.29) is 5.56 Å². The summed E-state index contributed by atoms with van der Waals surface area (Å²) in [6.45, 7) is 2.07. The first-order chi connectivity index (χ1) is 9.24. The summed E-state index contributed by atoms with van der Waals surface area (Å²) in [7, 11) is 0. The fourth-order valence-corrected chi connectivity index (χ4v) is 2.93. The minimum absolute atomic E-state index is 0.0381. The predicted molar refractivity (Wildman–Crippen MR) is 79.9 cm³/mol. The molecule has 3 heteroatoms. The number of hydrogen-bond acceptors (Lipinski definition) is 2. The molecule has 94 valence electrons. The number of aromatic amines is 1. The van der Waals surface area contributed by atoms with Gasteiger partial charge in [-0.05, 0) is 25.1 Å². The lowest BCUT2D eigenvalue weighted by atomic mass is 10.2. The Balaban J connectivity index is 2.08. The van der Waals surface area contributed by atoms with E-state index in [0.717, 1.165) is 15.7 Å². The van der Waals surface area contributed by atoms with Crippen molar-refractivity contribution >= 4 is 22.5 Å². The molecule has 2 aromatic carbocycles. The van der Waals surface area contributed by atoms with Gasteiger partial charge in [0.1, 0.15) is 0 Å². The van der Waals surface area contributed by atoms with Gasteiger partial charge in [-0.15, -0.1) is 0 Å². The van der Waals surface area contributed by atoms with E-state index in [1.807, 2.05) is 24.3 Å². The fraction of sp³-hybridized carbons (Fsp3) is 0.0625. The highest BCUT2D eigenvalue weighted by molar-refractivity contribution is 7.99. The SMILES string of the molecule is Cc1ccc(Sc2c[nH]c(=O)c3ccccc23)cc1. The third-order valence-electron chi connectivity index (χ3n) is 3.02. The van der Waals surface area contributed by atoms with E-state index in [1.165, 1.54) is 10.5 Å². The van der Waals surface area contributed by atoms with Crippen LogP contribution in [0.3, 0.4) is 0 Å². The summed E-state index contributed by atoms with van der Waals surface area (Å²) < 4.78 is 0. The number of hydrogen-bond donors (Lipinski definition) is 1. The number of H-pyrrole nitrogens is 1. The summed E-state index contributed by atoms with van der Waals surface area (Å²) in [4.78, 5) is 16.8. The standard InChI is InChI=1S/C16H13NOS/c1-11-6-8-12(9-7-11)19-15-10-17-16(18)14-5-3-2-4-13(14)15/h2-10H,1H3,(H,17,18). The van der Waals surface area contributed by atoms with Crippen molar-refractivity contribution in [3.8, 4) is 0 Å². The first-order valence-electron chi connectivity index (χ1n) is 6.09. The molecule has 3 aromatic rings. The molecule has 1 aromatic heterocycles. The maximum Gasteiger partial charge on any atom is 0.255 e. The van der Waals surface area contributed by atoms with Crippen LogP contribution < -0.4 is 5.56 Å². The molecule has 0 aliphatic rings. The van der Waals surface area contributed by atoms with Crippen molar-refractivity contribution in [2.75, 3.05) is 0 Å². The fourth-order valence-electron chi connectivity index (χ4n) is 2.00. The topological polar surface area (TPSA) is 32.9 Å². The molecule has 1 N–H and O–H groups in total. The second-order valence-corrected chi connectivity index (χ2v) is 5.56. The molecule has 0 unspecified atom stereocenters. The van der Waals surface area contributed by atoms with E-state index in [2.05, 4.69) is 36.2 Å². The summed E-state index contributed by atoms with van der Waals surface area (Å²) in [5.41, 5.74) is 1.21. The zero-order valence-electron chi connectivity index (χ0n) is 10.5. The van der Waals surface area contributed by atoms with Crippen LogP contribution in [0.2, 0.25) is 0 Å². The van der Waals surface area contributed by atoms with Crippen molar-refractivity contribution in [2.24, 2.45) is 0 Å². The molecular weight excluding hydrogens is 254 g/mol. The average Bonchev–Trinajstić information content (AvgIpc) is 2.45. The Morgan fingerprint density at radius 1 is 0.947 bits per heavy atom. The van der Waals surface area contributed by atoms with Gasteiger partial charge in [0.15, 0.2) is 0 Å². The maximum atomic E-state index is 11.8. The van der Waals surface area contributed by atoms with Crippen LogP contribution in [-0.2, 0) is 0 Å². The molecule has 0 radical (unpaired) electrons. The molecule has 0 aliphatic carbocycles. The molecule has 0 atom stereocenters. The van der Waals surface area contributed by atoms with Crippen molar-refractivity contribution in [3.63, 3.8) is 0 Å². The van der Waals surface area contributed by atoms with Crippen molar-refractivity contribution in [2.45, 2.75) is 16.7 Å². The highest BCUT2D eigenvalue weighted by atomic mass is 32.2. The molecule has 0 saturated heterocycles. The minimum atomic E-state index is -0.0381. The number of nitrogens with one attached hydrogen (secondary N) is 1. The van der Waals surface area contributed by atoms with Gasteiger partial charge in [-0.1, -0.05) is 47.7 Å². The van der Waals surface area contributed by atoms with Gasteiger partial charge >= 0.3 is 0 Å². The van der Waals surface area contributed by atoms with Crippen LogP contribution in [0.4, 0.5) is 0 Å². The highest BCUT2D eigenvalue weighted by Crippen LogP contribution is 2.31. The number of fused-ring (bicyclic) bond motifs is 1. The molecule has 0 saturated carbocycles. The third-order valence-corrected chi connectivity index (χ3v) is 4.09. The van der Waals surface area contributed by atoms with Gasteiger partial charge in [0, 0.05) is 26.8 Å². The maximum absolute atomic E-state index is 11.8. The van der Waals surface area contributed by atoms with Gasteiger partial charge in [0.2, 0.25) is 0 Å². The quantitative estimate of drug-likeness (QED) is 0.761. The number of pyridine rings is 1. The summed E-state index contributed by atoms with van der Waals surface area (Å²) in [5, 5.41) is 1.73. The second-order valence-electron chi connectivity index (χ2n) is 4.44. The molecule has 19 heavy (non-hydrogen) atoms. The smallest absolute Gasteiger partial charge is 0.255 e. The molecule has 3 rings (SSSR count). The zero-order chi connectivity index (χ0) is 13.2. The Morgan fingerprint density at radius 3 is 2.37 bits per heavy atom. The lowest BCUT2D eigenvalue weighted by Crippen LogP contribution is -2.05. The third kappa shape index (κ3) is 2.42. The van der Waals surface area contributed by atoms with Crippen LogP contribution in [0.5, 0.6) is 0 Å². The lowest BCUT2D eigenvalue weighted by molar-refractivity contribution is 1.22. The zero-order valence-corrected chi connectivity index (χ0v) is 11.3. The largest absolute Gasteiger partial charge is 0.327 e. The van der Waals surface area contributed by atoms with Crippen molar-refractivity contribution < 1.29 is 0 Å². The number of aryl methyl sites for hydroxylation is 1. The van der Waals surface area contributed by atoms with Gasteiger partial charge in [-0.2, -0.15) is 0 Å². The van der Waals surface area contributed by atoms with Gasteiger partial charge in [-0.25, -0.2) is 0 Å². The second kappa shape index (κ2) is 4.94. The van der Waals surface area contributed by atoms with E-state index in [0.29, 0.717) is 0 Å². The van der Waals surface area contributed by atoms with E-state index in [9.17, 15) is 4.79 Å². The molecule has 0 amide bonds. The Morgan fingerprint density at radius 2 is 1.63 bits per heavy atom. The molecule has 1 heterocycles. The molecular formula is C16H13NOS. The Labute approximate surface area is 115 Å². The average molecular weight is 267 g/mol. The normalized spacial score (nSPS) is 10.8. The van der Waals surface area contributed by atoms with Crippen molar-refractivity contribution in [3.05, 3.63) is 70.6 Å². The minimum Gasteiger partial charge on any atom is -0.327 e. The predicted octanol–water partition coefficient (Wildman–Crippen LogP) is 3.99. The Bertz CT molecular complexity index is 775. The van der Waals surface area contributed by atoms with Crippen molar-refractivity contribution in [1.29, 1.82) is 0 Å². The van der Waals surface area contributed by atoms with Crippen LogP contribution in [0.25, 0.3) is 10.8 Å². The molecule has 0 bridgehead atoms. The number of aromatic nitrogens is 1. The Hall–Kier alpha value is -2.00. The van der Waals surface area contributed by atoms with Crippen LogP contribution in [0.15, 0.2) is 69.3 Å². The summed E-state index contributed by atoms with van der Waals surface area (Å²) in [6.07, 6.45) is 1.79.